The van der Waals surface area contributed by atoms with Crippen LogP contribution in [0.5, 0.6) is 0 Å². The molecule has 0 unspecified atom stereocenters. The van der Waals surface area contributed by atoms with Crippen molar-refractivity contribution >= 4 is 45.8 Å². The lowest BCUT2D eigenvalue weighted by Gasteiger charge is -2.30. The summed E-state index contributed by atoms with van der Waals surface area (Å²) in [6, 6.07) is 15.0. The van der Waals surface area contributed by atoms with E-state index < -0.39 is 0 Å². The van der Waals surface area contributed by atoms with Crippen LogP contribution in [0.15, 0.2) is 81.6 Å². The molecule has 3 aromatic rings. The Kier molecular flexibility index (Phi) is 7.32. The first-order chi connectivity index (χ1) is 17.4. The molecule has 2 heterocycles. The molecule has 5 rings (SSSR count). The van der Waals surface area contributed by atoms with Crippen molar-refractivity contribution in [3.8, 4) is 0 Å². The molecule has 1 aromatic heterocycles. The van der Waals surface area contributed by atoms with Gasteiger partial charge >= 0.3 is 0 Å². The van der Waals surface area contributed by atoms with Gasteiger partial charge in [0.2, 0.25) is 5.91 Å². The summed E-state index contributed by atoms with van der Waals surface area (Å²) in [5.41, 5.74) is 1.59. The highest BCUT2D eigenvalue weighted by Gasteiger charge is 2.32. The number of allylic oxidation sites excluding steroid dienone is 2. The number of amides is 1. The molecule has 2 N–H and O–H groups in total. The number of hydrogen-bond acceptors (Lipinski definition) is 5. The number of carbonyl (C=O) groups is 1. The van der Waals surface area contributed by atoms with E-state index in [1.165, 1.54) is 5.56 Å². The molecular formula is C27H25Cl2N5O2. The van der Waals surface area contributed by atoms with Crippen molar-refractivity contribution in [1.29, 1.82) is 0 Å². The minimum absolute atomic E-state index is 0.0993. The highest BCUT2D eigenvalue weighted by Crippen LogP contribution is 2.24. The monoisotopic (exact) mass is 521 g/mol. The van der Waals surface area contributed by atoms with E-state index >= 15 is 0 Å². The molecule has 2 aromatic carbocycles. The first-order valence-electron chi connectivity index (χ1n) is 11.8. The summed E-state index contributed by atoms with van der Waals surface area (Å²) in [7, 11) is 0. The standard InChI is InChI=1S/C27H25Cl2N5O2/c28-18-8-10-20-22(13-18)30-24(32-26(20)35)15-34(12-4-7-17-5-2-1-3-6-17)16-25-31-23-14-19(29)9-11-21(23)27(36)33-25/h1-3,5-6,8-11,13-14,20,22H,4,7,12,15-16H2,(H,30,32,35)(H,31,33,36)/t20-,22+/m0/s1. The van der Waals surface area contributed by atoms with Crippen molar-refractivity contribution in [2.75, 3.05) is 13.1 Å². The van der Waals surface area contributed by atoms with Gasteiger partial charge in [-0.25, -0.2) is 4.98 Å². The molecule has 1 aliphatic heterocycles. The van der Waals surface area contributed by atoms with Gasteiger partial charge in [0.05, 0.1) is 36.0 Å². The molecule has 0 fully saturated rings. The highest BCUT2D eigenvalue weighted by molar-refractivity contribution is 6.31. The average molecular weight is 522 g/mol. The molecular weight excluding hydrogens is 497 g/mol. The maximum Gasteiger partial charge on any atom is 0.258 e. The second kappa shape index (κ2) is 10.8. The van der Waals surface area contributed by atoms with Gasteiger partial charge < -0.3 is 10.3 Å². The lowest BCUT2D eigenvalue weighted by Crippen LogP contribution is -2.49. The van der Waals surface area contributed by atoms with Crippen LogP contribution < -0.4 is 10.9 Å². The summed E-state index contributed by atoms with van der Waals surface area (Å²) < 4.78 is 0. The zero-order valence-electron chi connectivity index (χ0n) is 19.5. The van der Waals surface area contributed by atoms with Gasteiger partial charge in [0.15, 0.2) is 0 Å². The van der Waals surface area contributed by atoms with E-state index in [1.54, 1.807) is 36.4 Å². The highest BCUT2D eigenvalue weighted by atomic mass is 35.5. The Morgan fingerprint density at radius 1 is 1.03 bits per heavy atom. The molecule has 0 spiro atoms. The number of aromatic amines is 1. The van der Waals surface area contributed by atoms with Crippen LogP contribution in [0.4, 0.5) is 0 Å². The zero-order valence-corrected chi connectivity index (χ0v) is 21.0. The number of H-pyrrole nitrogens is 1. The van der Waals surface area contributed by atoms with E-state index in [4.69, 9.17) is 28.2 Å². The lowest BCUT2D eigenvalue weighted by atomic mass is 9.93. The fourth-order valence-electron chi connectivity index (χ4n) is 4.53. The summed E-state index contributed by atoms with van der Waals surface area (Å²) in [5, 5.41) is 4.52. The molecule has 0 saturated carbocycles. The molecule has 0 bridgehead atoms. The van der Waals surface area contributed by atoms with Crippen LogP contribution in [0.1, 0.15) is 17.8 Å². The van der Waals surface area contributed by atoms with Crippen LogP contribution in [0, 0.1) is 5.92 Å². The molecule has 0 radical (unpaired) electrons. The molecule has 7 nitrogen and oxygen atoms in total. The number of aryl methyl sites for hydroxylation is 1. The van der Waals surface area contributed by atoms with Crippen molar-refractivity contribution < 1.29 is 4.79 Å². The fraction of sp³-hybridized carbons (Fsp3) is 0.259. The summed E-state index contributed by atoms with van der Waals surface area (Å²) in [6.07, 6.45) is 7.11. The summed E-state index contributed by atoms with van der Waals surface area (Å²) in [5.74, 6) is 0.644. The van der Waals surface area contributed by atoms with Crippen LogP contribution in [0.2, 0.25) is 5.02 Å². The fourth-order valence-corrected chi connectivity index (χ4v) is 4.90. The molecule has 2 aliphatic rings. The molecule has 1 aliphatic carbocycles. The lowest BCUT2D eigenvalue weighted by molar-refractivity contribution is -0.122. The molecule has 2 atom stereocenters. The molecule has 1 amide bonds. The number of rotatable bonds is 8. The van der Waals surface area contributed by atoms with Crippen molar-refractivity contribution in [3.05, 3.63) is 98.6 Å². The van der Waals surface area contributed by atoms with Gasteiger partial charge in [-0.2, -0.15) is 0 Å². The maximum absolute atomic E-state index is 12.7. The second-order valence-corrected chi connectivity index (χ2v) is 9.84. The third-order valence-electron chi connectivity index (χ3n) is 6.28. The first-order valence-corrected chi connectivity index (χ1v) is 12.6. The predicted molar refractivity (Wildman–Crippen MR) is 143 cm³/mol. The smallest absolute Gasteiger partial charge is 0.258 e. The molecule has 184 valence electrons. The second-order valence-electron chi connectivity index (χ2n) is 8.97. The van der Waals surface area contributed by atoms with Crippen molar-refractivity contribution in [1.82, 2.24) is 20.2 Å². The summed E-state index contributed by atoms with van der Waals surface area (Å²) >= 11 is 12.3. The Morgan fingerprint density at radius 2 is 1.86 bits per heavy atom. The van der Waals surface area contributed by atoms with E-state index in [1.807, 2.05) is 18.2 Å². The largest absolute Gasteiger partial charge is 0.313 e. The number of benzene rings is 2. The molecule has 36 heavy (non-hydrogen) atoms. The maximum atomic E-state index is 12.7. The van der Waals surface area contributed by atoms with Gasteiger partial charge in [-0.1, -0.05) is 59.6 Å². The minimum Gasteiger partial charge on any atom is -0.313 e. The van der Waals surface area contributed by atoms with Gasteiger partial charge in [0.1, 0.15) is 11.7 Å². The number of hydrogen-bond donors (Lipinski definition) is 2. The number of halogens is 2. The van der Waals surface area contributed by atoms with Crippen LogP contribution in [-0.4, -0.2) is 45.7 Å². The van der Waals surface area contributed by atoms with Gasteiger partial charge in [0, 0.05) is 10.1 Å². The Hall–Kier alpha value is -3.26. The Balaban J connectivity index is 1.37. The molecule has 9 heteroatoms. The number of nitrogens with one attached hydrogen (secondary N) is 2. The number of amidine groups is 1. The van der Waals surface area contributed by atoms with Crippen LogP contribution in [-0.2, 0) is 17.8 Å². The van der Waals surface area contributed by atoms with Gasteiger partial charge in [0.25, 0.3) is 5.56 Å². The Bertz CT molecular complexity index is 1430. The number of carbonyl (C=O) groups excluding carboxylic acids is 1. The van der Waals surface area contributed by atoms with E-state index in [9.17, 15) is 9.59 Å². The average Bonchev–Trinajstić information content (AvgIpc) is 2.84. The Labute approximate surface area is 218 Å². The summed E-state index contributed by atoms with van der Waals surface area (Å²) in [4.78, 5) is 39.8. The van der Waals surface area contributed by atoms with Gasteiger partial charge in [-0.3, -0.25) is 19.5 Å². The number of nitrogens with zero attached hydrogens (tertiary/aromatic N) is 3. The number of fused-ring (bicyclic) bond motifs is 2. The van der Waals surface area contributed by atoms with Gasteiger partial charge in [-0.05, 0) is 55.3 Å². The first kappa shape index (κ1) is 24.4. The van der Waals surface area contributed by atoms with Gasteiger partial charge in [-0.15, -0.1) is 0 Å². The minimum atomic E-state index is -0.356. The van der Waals surface area contributed by atoms with Crippen molar-refractivity contribution in [2.24, 2.45) is 10.9 Å². The van der Waals surface area contributed by atoms with Crippen molar-refractivity contribution in [2.45, 2.75) is 25.4 Å². The Morgan fingerprint density at radius 3 is 2.69 bits per heavy atom. The van der Waals surface area contributed by atoms with E-state index in [0.717, 1.165) is 12.8 Å². The van der Waals surface area contributed by atoms with E-state index in [-0.39, 0.29) is 23.4 Å². The van der Waals surface area contributed by atoms with E-state index in [0.29, 0.717) is 52.3 Å². The third-order valence-corrected chi connectivity index (χ3v) is 6.77. The SMILES string of the molecule is O=C1NC(CN(CCCc2ccccc2)Cc2nc3cc(Cl)ccc3c(=O)[nH]2)=N[C@@H]2C=C(Cl)C=C[C@H]12. The topological polar surface area (TPSA) is 90.5 Å². The third kappa shape index (κ3) is 5.75. The molecule has 0 saturated heterocycles. The normalized spacial score (nSPS) is 19.1. The number of aliphatic imine (C=N–C) groups is 1. The van der Waals surface area contributed by atoms with Crippen LogP contribution in [0.25, 0.3) is 10.9 Å². The van der Waals surface area contributed by atoms with E-state index in [2.05, 4.69) is 32.3 Å². The predicted octanol–water partition coefficient (Wildman–Crippen LogP) is 4.22. The zero-order chi connectivity index (χ0) is 25.1. The quantitative estimate of drug-likeness (QED) is 0.464. The van der Waals surface area contributed by atoms with Crippen molar-refractivity contribution in [3.63, 3.8) is 0 Å². The summed E-state index contributed by atoms with van der Waals surface area (Å²) in [6.45, 7) is 1.49. The number of aromatic nitrogens is 2. The van der Waals surface area contributed by atoms with Crippen LogP contribution >= 0.6 is 23.2 Å². The van der Waals surface area contributed by atoms with Crippen LogP contribution in [0.3, 0.4) is 0 Å².